The molecule has 0 amide bonds. The van der Waals surface area contributed by atoms with Crippen molar-refractivity contribution in [3.8, 4) is 0 Å². The van der Waals surface area contributed by atoms with Crippen LogP contribution in [0.25, 0.3) is 0 Å². The summed E-state index contributed by atoms with van der Waals surface area (Å²) in [7, 11) is 1.35. The number of anilines is 1. The first-order valence-corrected chi connectivity index (χ1v) is 7.00. The molecule has 0 radical (unpaired) electrons. The number of thiazole rings is 2. The third-order valence-corrected chi connectivity index (χ3v) is 4.01. The molecule has 0 unspecified atom stereocenters. The van der Waals surface area contributed by atoms with Gasteiger partial charge in [-0.05, 0) is 13.8 Å². The second-order valence-corrected chi connectivity index (χ2v) is 5.89. The van der Waals surface area contributed by atoms with Crippen LogP contribution in [0.1, 0.15) is 26.1 Å². The van der Waals surface area contributed by atoms with E-state index in [9.17, 15) is 4.79 Å². The molecule has 2 rings (SSSR count). The summed E-state index contributed by atoms with van der Waals surface area (Å²) in [5.74, 6) is -0.402. The van der Waals surface area contributed by atoms with Gasteiger partial charge < -0.3 is 10.1 Å². The molecular formula is C11H13N3O2S2. The number of esters is 1. The van der Waals surface area contributed by atoms with Gasteiger partial charge in [-0.15, -0.1) is 22.7 Å². The molecule has 96 valence electrons. The van der Waals surface area contributed by atoms with Crippen LogP contribution in [0.3, 0.4) is 0 Å². The smallest absolute Gasteiger partial charge is 0.357 e. The fraction of sp³-hybridized carbons (Fsp3) is 0.364. The Bertz CT molecular complexity index is 562. The molecule has 1 N–H and O–H groups in total. The van der Waals surface area contributed by atoms with Gasteiger partial charge in [0.2, 0.25) is 0 Å². The summed E-state index contributed by atoms with van der Waals surface area (Å²) >= 11 is 3.05. The van der Waals surface area contributed by atoms with E-state index >= 15 is 0 Å². The monoisotopic (exact) mass is 283 g/mol. The SMILES string of the molecule is COC(=O)c1nc(NCc2csc(C)n2)sc1C. The normalized spacial score (nSPS) is 10.4. The maximum absolute atomic E-state index is 11.4. The molecule has 0 aliphatic heterocycles. The minimum absolute atomic E-state index is 0.374. The summed E-state index contributed by atoms with van der Waals surface area (Å²) in [6, 6.07) is 0. The molecule has 0 saturated heterocycles. The van der Waals surface area contributed by atoms with E-state index in [1.807, 2.05) is 19.2 Å². The Morgan fingerprint density at radius 2 is 2.22 bits per heavy atom. The van der Waals surface area contributed by atoms with Crippen molar-refractivity contribution >= 4 is 33.8 Å². The number of nitrogens with one attached hydrogen (secondary N) is 1. The Hall–Kier alpha value is -1.47. The van der Waals surface area contributed by atoms with Gasteiger partial charge >= 0.3 is 5.97 Å². The number of hydrogen-bond acceptors (Lipinski definition) is 7. The number of hydrogen-bond donors (Lipinski definition) is 1. The van der Waals surface area contributed by atoms with E-state index in [2.05, 4.69) is 20.0 Å². The van der Waals surface area contributed by atoms with E-state index in [4.69, 9.17) is 0 Å². The zero-order valence-corrected chi connectivity index (χ0v) is 11.9. The zero-order chi connectivity index (χ0) is 13.1. The topological polar surface area (TPSA) is 64.1 Å². The Morgan fingerprint density at radius 1 is 1.44 bits per heavy atom. The number of nitrogens with zero attached hydrogens (tertiary/aromatic N) is 2. The highest BCUT2D eigenvalue weighted by Crippen LogP contribution is 2.23. The molecule has 2 heterocycles. The van der Waals surface area contributed by atoms with E-state index in [0.29, 0.717) is 17.4 Å². The minimum atomic E-state index is -0.402. The molecule has 0 fully saturated rings. The van der Waals surface area contributed by atoms with Gasteiger partial charge in [0.15, 0.2) is 10.8 Å². The Morgan fingerprint density at radius 3 is 2.83 bits per heavy atom. The second kappa shape index (κ2) is 5.45. The van der Waals surface area contributed by atoms with Gasteiger partial charge in [-0.2, -0.15) is 0 Å². The number of aromatic nitrogens is 2. The molecule has 7 heteroatoms. The third kappa shape index (κ3) is 2.85. The van der Waals surface area contributed by atoms with E-state index < -0.39 is 5.97 Å². The summed E-state index contributed by atoms with van der Waals surface area (Å²) in [6.07, 6.45) is 0. The van der Waals surface area contributed by atoms with Crippen LogP contribution in [0.2, 0.25) is 0 Å². The number of carbonyl (C=O) groups is 1. The maximum atomic E-state index is 11.4. The van der Waals surface area contributed by atoms with Crippen molar-refractivity contribution in [1.82, 2.24) is 9.97 Å². The largest absolute Gasteiger partial charge is 0.464 e. The van der Waals surface area contributed by atoms with Crippen LogP contribution < -0.4 is 5.32 Å². The fourth-order valence-electron chi connectivity index (χ4n) is 1.41. The molecule has 0 atom stereocenters. The highest BCUT2D eigenvalue weighted by atomic mass is 32.1. The highest BCUT2D eigenvalue weighted by molar-refractivity contribution is 7.15. The fourth-order valence-corrected chi connectivity index (χ4v) is 2.82. The van der Waals surface area contributed by atoms with Crippen molar-refractivity contribution in [3.05, 3.63) is 26.7 Å². The average Bonchev–Trinajstić information content (AvgIpc) is 2.92. The Kier molecular flexibility index (Phi) is 3.93. The van der Waals surface area contributed by atoms with Crippen LogP contribution in [0.15, 0.2) is 5.38 Å². The zero-order valence-electron chi connectivity index (χ0n) is 10.3. The summed E-state index contributed by atoms with van der Waals surface area (Å²) in [6.45, 7) is 4.43. The predicted molar refractivity (Wildman–Crippen MR) is 72.4 cm³/mol. The molecule has 0 aromatic carbocycles. The van der Waals surface area contributed by atoms with Gasteiger partial charge in [-0.25, -0.2) is 14.8 Å². The van der Waals surface area contributed by atoms with Gasteiger partial charge in [-0.1, -0.05) is 0 Å². The van der Waals surface area contributed by atoms with Crippen LogP contribution in [-0.4, -0.2) is 23.0 Å². The van der Waals surface area contributed by atoms with Gasteiger partial charge in [-0.3, -0.25) is 0 Å². The molecule has 0 spiro atoms. The number of methoxy groups -OCH3 is 1. The lowest BCUT2D eigenvalue weighted by molar-refractivity contribution is 0.0594. The molecule has 2 aromatic rings. The van der Waals surface area contributed by atoms with Gasteiger partial charge in [0.1, 0.15) is 0 Å². The second-order valence-electron chi connectivity index (χ2n) is 3.63. The van der Waals surface area contributed by atoms with Crippen molar-refractivity contribution < 1.29 is 9.53 Å². The number of ether oxygens (including phenoxy) is 1. The lowest BCUT2D eigenvalue weighted by Crippen LogP contribution is -2.04. The quantitative estimate of drug-likeness (QED) is 0.874. The van der Waals surface area contributed by atoms with E-state index in [1.54, 1.807) is 11.3 Å². The molecule has 0 aliphatic rings. The molecule has 18 heavy (non-hydrogen) atoms. The minimum Gasteiger partial charge on any atom is -0.464 e. The average molecular weight is 283 g/mol. The van der Waals surface area contributed by atoms with Crippen molar-refractivity contribution in [2.24, 2.45) is 0 Å². The van der Waals surface area contributed by atoms with Crippen LogP contribution in [-0.2, 0) is 11.3 Å². The van der Waals surface area contributed by atoms with E-state index in [0.717, 1.165) is 15.6 Å². The summed E-state index contributed by atoms with van der Waals surface area (Å²) in [5, 5.41) is 6.91. The third-order valence-electron chi connectivity index (χ3n) is 2.26. The lowest BCUT2D eigenvalue weighted by atomic mass is 10.4. The molecule has 2 aromatic heterocycles. The van der Waals surface area contributed by atoms with Crippen molar-refractivity contribution in [3.63, 3.8) is 0 Å². The summed E-state index contributed by atoms with van der Waals surface area (Å²) in [5.41, 5.74) is 1.35. The first-order chi connectivity index (χ1) is 8.60. The number of aryl methyl sites for hydroxylation is 2. The lowest BCUT2D eigenvalue weighted by Gasteiger charge is -1.98. The Labute approximate surface area is 113 Å². The van der Waals surface area contributed by atoms with Crippen LogP contribution in [0.4, 0.5) is 5.13 Å². The molecule has 0 bridgehead atoms. The number of rotatable bonds is 4. The van der Waals surface area contributed by atoms with Crippen LogP contribution in [0.5, 0.6) is 0 Å². The van der Waals surface area contributed by atoms with Crippen molar-refractivity contribution in [2.75, 3.05) is 12.4 Å². The van der Waals surface area contributed by atoms with Crippen LogP contribution in [0, 0.1) is 13.8 Å². The first kappa shape index (κ1) is 13.0. The predicted octanol–water partition coefficient (Wildman–Crippen LogP) is 2.62. The summed E-state index contributed by atoms with van der Waals surface area (Å²) < 4.78 is 4.66. The van der Waals surface area contributed by atoms with Gasteiger partial charge in [0, 0.05) is 10.3 Å². The highest BCUT2D eigenvalue weighted by Gasteiger charge is 2.15. The number of carbonyl (C=O) groups excluding carboxylic acids is 1. The molecular weight excluding hydrogens is 270 g/mol. The molecule has 5 nitrogen and oxygen atoms in total. The molecule has 0 aliphatic carbocycles. The van der Waals surface area contributed by atoms with Crippen LogP contribution >= 0.6 is 22.7 Å². The maximum Gasteiger partial charge on any atom is 0.357 e. The first-order valence-electron chi connectivity index (χ1n) is 5.30. The van der Waals surface area contributed by atoms with Gasteiger partial charge in [0.25, 0.3) is 0 Å². The van der Waals surface area contributed by atoms with E-state index in [1.165, 1.54) is 18.4 Å². The van der Waals surface area contributed by atoms with Crippen molar-refractivity contribution in [2.45, 2.75) is 20.4 Å². The van der Waals surface area contributed by atoms with E-state index in [-0.39, 0.29) is 0 Å². The Balaban J connectivity index is 2.04. The van der Waals surface area contributed by atoms with Gasteiger partial charge in [0.05, 0.1) is 24.4 Å². The summed E-state index contributed by atoms with van der Waals surface area (Å²) in [4.78, 5) is 20.8. The standard InChI is InChI=1S/C11H13N3O2S2/c1-6-9(10(15)16-3)14-11(18-6)12-4-8-5-17-7(2)13-8/h5H,4H2,1-3H3,(H,12,14). The molecule has 0 saturated carbocycles. The van der Waals surface area contributed by atoms with Crippen molar-refractivity contribution in [1.29, 1.82) is 0 Å².